The molecular formula is C10H20N2OS. The van der Waals surface area contributed by atoms with Gasteiger partial charge in [-0.15, -0.1) is 0 Å². The fourth-order valence-electron chi connectivity index (χ4n) is 1.66. The van der Waals surface area contributed by atoms with E-state index in [1.54, 1.807) is 11.8 Å². The number of amides is 1. The summed E-state index contributed by atoms with van der Waals surface area (Å²) in [5, 5.41) is 6.29. The van der Waals surface area contributed by atoms with Crippen molar-refractivity contribution >= 4 is 17.7 Å². The lowest BCUT2D eigenvalue weighted by Gasteiger charge is -2.08. The van der Waals surface area contributed by atoms with Gasteiger partial charge >= 0.3 is 0 Å². The topological polar surface area (TPSA) is 41.1 Å². The standard InChI is InChI=1S/C10H20N2OS/c1-14-7-4-10(13)12-6-3-9-2-5-11-8-9/h9,11H,2-8H2,1H3,(H,12,13). The van der Waals surface area contributed by atoms with Gasteiger partial charge in [0.15, 0.2) is 0 Å². The first-order valence-corrected chi connectivity index (χ1v) is 6.68. The second kappa shape index (κ2) is 7.12. The van der Waals surface area contributed by atoms with Gasteiger partial charge < -0.3 is 10.6 Å². The second-order valence-corrected chi connectivity index (χ2v) is 4.73. The third kappa shape index (κ3) is 4.86. The average molecular weight is 216 g/mol. The maximum atomic E-state index is 11.2. The van der Waals surface area contributed by atoms with Crippen molar-refractivity contribution in [3.05, 3.63) is 0 Å². The van der Waals surface area contributed by atoms with Gasteiger partial charge in [0.1, 0.15) is 0 Å². The van der Waals surface area contributed by atoms with Crippen LogP contribution in [0.1, 0.15) is 19.3 Å². The minimum atomic E-state index is 0.199. The van der Waals surface area contributed by atoms with Crippen molar-refractivity contribution < 1.29 is 4.79 Å². The van der Waals surface area contributed by atoms with Crippen LogP contribution in [-0.2, 0) is 4.79 Å². The van der Waals surface area contributed by atoms with E-state index in [4.69, 9.17) is 0 Å². The SMILES string of the molecule is CSCCC(=O)NCCC1CCNC1. The zero-order chi connectivity index (χ0) is 10.2. The van der Waals surface area contributed by atoms with Crippen LogP contribution < -0.4 is 10.6 Å². The molecule has 0 bridgehead atoms. The van der Waals surface area contributed by atoms with Gasteiger partial charge in [-0.05, 0) is 38.1 Å². The molecule has 1 fully saturated rings. The van der Waals surface area contributed by atoms with Crippen molar-refractivity contribution in [2.75, 3.05) is 31.6 Å². The highest BCUT2D eigenvalue weighted by Gasteiger charge is 2.13. The summed E-state index contributed by atoms with van der Waals surface area (Å²) in [5.41, 5.74) is 0. The predicted molar refractivity (Wildman–Crippen MR) is 61.6 cm³/mol. The first kappa shape index (κ1) is 11.9. The Balaban J connectivity index is 1.94. The Hall–Kier alpha value is -0.220. The van der Waals surface area contributed by atoms with Crippen LogP contribution in [0.3, 0.4) is 0 Å². The first-order chi connectivity index (χ1) is 6.83. The van der Waals surface area contributed by atoms with Gasteiger partial charge in [0, 0.05) is 18.7 Å². The van der Waals surface area contributed by atoms with Crippen molar-refractivity contribution in [1.82, 2.24) is 10.6 Å². The van der Waals surface area contributed by atoms with Gasteiger partial charge in [-0.25, -0.2) is 0 Å². The van der Waals surface area contributed by atoms with Crippen LogP contribution in [0, 0.1) is 5.92 Å². The highest BCUT2D eigenvalue weighted by molar-refractivity contribution is 7.98. The average Bonchev–Trinajstić information content (AvgIpc) is 2.67. The van der Waals surface area contributed by atoms with E-state index in [0.717, 1.165) is 37.7 Å². The summed E-state index contributed by atoms with van der Waals surface area (Å²) >= 11 is 1.72. The van der Waals surface area contributed by atoms with Gasteiger partial charge in [-0.3, -0.25) is 4.79 Å². The Morgan fingerprint density at radius 3 is 3.14 bits per heavy atom. The van der Waals surface area contributed by atoms with Crippen molar-refractivity contribution in [2.24, 2.45) is 5.92 Å². The smallest absolute Gasteiger partial charge is 0.220 e. The number of carbonyl (C=O) groups is 1. The molecule has 0 spiro atoms. The lowest BCUT2D eigenvalue weighted by atomic mass is 10.1. The van der Waals surface area contributed by atoms with E-state index in [1.165, 1.54) is 6.42 Å². The monoisotopic (exact) mass is 216 g/mol. The van der Waals surface area contributed by atoms with Gasteiger partial charge in [0.2, 0.25) is 5.91 Å². The Bertz CT molecular complexity index is 170. The summed E-state index contributed by atoms with van der Waals surface area (Å²) in [4.78, 5) is 11.2. The van der Waals surface area contributed by atoms with E-state index in [0.29, 0.717) is 6.42 Å². The molecule has 14 heavy (non-hydrogen) atoms. The maximum Gasteiger partial charge on any atom is 0.220 e. The molecule has 0 aliphatic carbocycles. The third-order valence-electron chi connectivity index (χ3n) is 2.57. The molecule has 1 aliphatic rings. The molecule has 1 amide bonds. The van der Waals surface area contributed by atoms with E-state index in [-0.39, 0.29) is 5.91 Å². The lowest BCUT2D eigenvalue weighted by molar-refractivity contribution is -0.120. The molecule has 1 unspecified atom stereocenters. The molecule has 3 nitrogen and oxygen atoms in total. The molecule has 0 aromatic heterocycles. The summed E-state index contributed by atoms with van der Waals surface area (Å²) in [7, 11) is 0. The van der Waals surface area contributed by atoms with Crippen molar-refractivity contribution in [1.29, 1.82) is 0 Å². The summed E-state index contributed by atoms with van der Waals surface area (Å²) in [6, 6.07) is 0. The highest BCUT2D eigenvalue weighted by atomic mass is 32.2. The van der Waals surface area contributed by atoms with Gasteiger partial charge in [-0.1, -0.05) is 0 Å². The van der Waals surface area contributed by atoms with Crippen LogP contribution in [0.25, 0.3) is 0 Å². The minimum absolute atomic E-state index is 0.199. The lowest BCUT2D eigenvalue weighted by Crippen LogP contribution is -2.26. The summed E-state index contributed by atoms with van der Waals surface area (Å²) in [6.07, 6.45) is 5.07. The molecule has 1 saturated heterocycles. The molecular weight excluding hydrogens is 196 g/mol. The van der Waals surface area contributed by atoms with Crippen LogP contribution in [0.4, 0.5) is 0 Å². The summed E-state index contributed by atoms with van der Waals surface area (Å²) in [5.74, 6) is 1.90. The largest absolute Gasteiger partial charge is 0.356 e. The first-order valence-electron chi connectivity index (χ1n) is 5.29. The normalized spacial score (nSPS) is 21.1. The van der Waals surface area contributed by atoms with Crippen molar-refractivity contribution in [2.45, 2.75) is 19.3 Å². The summed E-state index contributed by atoms with van der Waals surface area (Å²) < 4.78 is 0. The van der Waals surface area contributed by atoms with E-state index in [9.17, 15) is 4.79 Å². The third-order valence-corrected chi connectivity index (χ3v) is 3.18. The molecule has 0 saturated carbocycles. The van der Waals surface area contributed by atoms with Crippen LogP contribution in [0.2, 0.25) is 0 Å². The van der Waals surface area contributed by atoms with Crippen LogP contribution in [-0.4, -0.2) is 37.6 Å². The number of hydrogen-bond acceptors (Lipinski definition) is 3. The molecule has 4 heteroatoms. The quantitative estimate of drug-likeness (QED) is 0.692. The Kier molecular flexibility index (Phi) is 6.03. The number of nitrogens with one attached hydrogen (secondary N) is 2. The zero-order valence-corrected chi connectivity index (χ0v) is 9.66. The maximum absolute atomic E-state index is 11.2. The van der Waals surface area contributed by atoms with Gasteiger partial charge in [0.05, 0.1) is 0 Å². The Morgan fingerprint density at radius 1 is 1.64 bits per heavy atom. The molecule has 1 rings (SSSR count). The van der Waals surface area contributed by atoms with Crippen molar-refractivity contribution in [3.8, 4) is 0 Å². The Morgan fingerprint density at radius 2 is 2.50 bits per heavy atom. The number of thioether (sulfide) groups is 1. The predicted octanol–water partition coefficient (Wildman–Crippen LogP) is 0.855. The number of hydrogen-bond donors (Lipinski definition) is 2. The van der Waals surface area contributed by atoms with Gasteiger partial charge in [0.25, 0.3) is 0 Å². The molecule has 0 radical (unpaired) electrons. The fourth-order valence-corrected chi connectivity index (χ4v) is 2.05. The summed E-state index contributed by atoms with van der Waals surface area (Å²) in [6.45, 7) is 3.12. The van der Waals surface area contributed by atoms with Crippen LogP contribution in [0.5, 0.6) is 0 Å². The molecule has 1 heterocycles. The molecule has 2 N–H and O–H groups in total. The number of rotatable bonds is 6. The molecule has 1 atom stereocenters. The molecule has 1 aliphatic heterocycles. The van der Waals surface area contributed by atoms with E-state index >= 15 is 0 Å². The van der Waals surface area contributed by atoms with Crippen LogP contribution >= 0.6 is 11.8 Å². The second-order valence-electron chi connectivity index (χ2n) is 3.74. The number of carbonyl (C=O) groups excluding carboxylic acids is 1. The minimum Gasteiger partial charge on any atom is -0.356 e. The van der Waals surface area contributed by atoms with Gasteiger partial charge in [-0.2, -0.15) is 11.8 Å². The fraction of sp³-hybridized carbons (Fsp3) is 0.900. The van der Waals surface area contributed by atoms with E-state index < -0.39 is 0 Å². The van der Waals surface area contributed by atoms with E-state index in [2.05, 4.69) is 10.6 Å². The van der Waals surface area contributed by atoms with Crippen molar-refractivity contribution in [3.63, 3.8) is 0 Å². The van der Waals surface area contributed by atoms with Crippen LogP contribution in [0.15, 0.2) is 0 Å². The highest BCUT2D eigenvalue weighted by Crippen LogP contribution is 2.10. The molecule has 0 aromatic rings. The Labute approximate surface area is 90.4 Å². The molecule has 82 valence electrons. The van der Waals surface area contributed by atoms with E-state index in [1.807, 2.05) is 6.26 Å². The zero-order valence-electron chi connectivity index (χ0n) is 8.84. The molecule has 0 aromatic carbocycles.